The summed E-state index contributed by atoms with van der Waals surface area (Å²) in [5.74, 6) is 2.06. The van der Waals surface area contributed by atoms with Gasteiger partial charge in [-0.25, -0.2) is 4.79 Å². The smallest absolute Gasteiger partial charge is 0.408 e. The Balaban J connectivity index is 3.73. The summed E-state index contributed by atoms with van der Waals surface area (Å²) in [6, 6.07) is 5.12. The minimum atomic E-state index is -0.989. The van der Waals surface area contributed by atoms with E-state index in [1.54, 1.807) is 49.9 Å². The first-order valence-electron chi connectivity index (χ1n) is 12.7. The second-order valence-electron chi connectivity index (χ2n) is 11.5. The fourth-order valence-corrected chi connectivity index (χ4v) is 3.88. The van der Waals surface area contributed by atoms with Crippen LogP contribution in [0.15, 0.2) is 24.3 Å². The van der Waals surface area contributed by atoms with Crippen LogP contribution in [0.1, 0.15) is 99.2 Å². The van der Waals surface area contributed by atoms with Gasteiger partial charge >= 0.3 is 6.09 Å². The van der Waals surface area contributed by atoms with Gasteiger partial charge in [-0.15, -0.1) is 6.42 Å². The van der Waals surface area contributed by atoms with Gasteiger partial charge in [0.1, 0.15) is 17.7 Å². The Bertz CT molecular complexity index is 954. The molecule has 3 amide bonds. The quantitative estimate of drug-likeness (QED) is 0.434. The van der Waals surface area contributed by atoms with E-state index < -0.39 is 29.3 Å². The number of rotatable bonds is 10. The van der Waals surface area contributed by atoms with E-state index in [-0.39, 0.29) is 23.8 Å². The Hall–Kier alpha value is -3.01. The number of nitrogens with zero attached hydrogens (tertiary/aromatic N) is 1. The first-order chi connectivity index (χ1) is 16.5. The summed E-state index contributed by atoms with van der Waals surface area (Å²) in [5, 5.41) is 5.73. The molecule has 7 nitrogen and oxygen atoms in total. The fourth-order valence-electron chi connectivity index (χ4n) is 3.88. The third-order valence-electron chi connectivity index (χ3n) is 5.80. The summed E-state index contributed by atoms with van der Waals surface area (Å²) < 4.78 is 5.45. The third-order valence-corrected chi connectivity index (χ3v) is 5.80. The predicted molar refractivity (Wildman–Crippen MR) is 144 cm³/mol. The van der Waals surface area contributed by atoms with E-state index in [0.29, 0.717) is 24.0 Å². The maximum atomic E-state index is 14.3. The average Bonchev–Trinajstić information content (AvgIpc) is 2.74. The van der Waals surface area contributed by atoms with Crippen LogP contribution in [-0.2, 0) is 14.3 Å². The van der Waals surface area contributed by atoms with Gasteiger partial charge in [0, 0.05) is 17.1 Å². The van der Waals surface area contributed by atoms with Crippen molar-refractivity contribution in [2.75, 3.05) is 0 Å². The highest BCUT2D eigenvalue weighted by Crippen LogP contribution is 2.34. The van der Waals surface area contributed by atoms with Gasteiger partial charge in [0.2, 0.25) is 11.8 Å². The van der Waals surface area contributed by atoms with Gasteiger partial charge in [-0.05, 0) is 78.9 Å². The molecular formula is C29H45N3O4. The van der Waals surface area contributed by atoms with Crippen molar-refractivity contribution < 1.29 is 19.1 Å². The van der Waals surface area contributed by atoms with Crippen molar-refractivity contribution in [3.8, 4) is 12.3 Å². The zero-order valence-corrected chi connectivity index (χ0v) is 23.7. The highest BCUT2D eigenvalue weighted by molar-refractivity contribution is 5.93. The Kier molecular flexibility index (Phi) is 11.0. The van der Waals surface area contributed by atoms with Gasteiger partial charge < -0.3 is 20.3 Å². The van der Waals surface area contributed by atoms with E-state index >= 15 is 0 Å². The summed E-state index contributed by atoms with van der Waals surface area (Å²) in [6.45, 7) is 18.8. The summed E-state index contributed by atoms with van der Waals surface area (Å²) in [7, 11) is 0. The Labute approximate surface area is 217 Å². The van der Waals surface area contributed by atoms with Crippen molar-refractivity contribution in [1.82, 2.24) is 15.5 Å². The van der Waals surface area contributed by atoms with E-state index in [0.717, 1.165) is 0 Å². The first kappa shape index (κ1) is 31.0. The molecule has 0 bridgehead atoms. The van der Waals surface area contributed by atoms with Crippen LogP contribution in [-0.4, -0.2) is 46.0 Å². The molecule has 0 spiro atoms. The molecule has 7 heteroatoms. The number of carbonyl (C=O) groups is 3. The molecule has 0 aliphatic rings. The van der Waals surface area contributed by atoms with Crippen molar-refractivity contribution in [3.05, 3.63) is 35.4 Å². The van der Waals surface area contributed by atoms with Crippen LogP contribution < -0.4 is 10.6 Å². The van der Waals surface area contributed by atoms with Gasteiger partial charge in [-0.3, -0.25) is 9.59 Å². The van der Waals surface area contributed by atoms with Gasteiger partial charge in [0.15, 0.2) is 0 Å². The highest BCUT2D eigenvalue weighted by atomic mass is 16.6. The van der Waals surface area contributed by atoms with E-state index in [4.69, 9.17) is 11.2 Å². The molecule has 1 aromatic carbocycles. The number of alkyl carbamates (subject to hydrolysis) is 1. The molecule has 200 valence electrons. The number of ether oxygens (including phenoxy) is 1. The molecule has 0 aromatic heterocycles. The summed E-state index contributed by atoms with van der Waals surface area (Å²) in [4.78, 5) is 42.3. The number of terminal acetylenes is 1. The number of nitrogens with one attached hydrogen (secondary N) is 2. The minimum Gasteiger partial charge on any atom is -0.444 e. The van der Waals surface area contributed by atoms with Gasteiger partial charge in [-0.1, -0.05) is 44.9 Å². The number of amides is 3. The number of hydrogen-bond acceptors (Lipinski definition) is 4. The average molecular weight is 500 g/mol. The maximum absolute atomic E-state index is 14.3. The summed E-state index contributed by atoms with van der Waals surface area (Å²) in [6.07, 6.45) is 6.07. The minimum absolute atomic E-state index is 0.0985. The standard InChI is InChI=1S/C29H45N3O4/c1-12-21-16-14-15-17-22(21)24(25(33)30-20(5)6)32(29(10,11)13-2)26(34)23(18-19(3)4)31-27(35)36-28(7,8)9/h1,14-17,19-20,23-24H,13,18H2,2-11H3,(H,30,33)(H,31,35). The number of hydrogen-bond donors (Lipinski definition) is 2. The van der Waals surface area contributed by atoms with Crippen molar-refractivity contribution in [2.24, 2.45) is 5.92 Å². The Morgan fingerprint density at radius 2 is 1.61 bits per heavy atom. The highest BCUT2D eigenvalue weighted by Gasteiger charge is 2.43. The molecule has 1 aromatic rings. The normalized spacial score (nSPS) is 13.5. The van der Waals surface area contributed by atoms with Crippen molar-refractivity contribution in [3.63, 3.8) is 0 Å². The molecule has 0 aliphatic heterocycles. The SMILES string of the molecule is C#Cc1ccccc1C(C(=O)NC(C)C)N(C(=O)C(CC(C)C)NC(=O)OC(C)(C)C)C(C)(C)CC. The van der Waals surface area contributed by atoms with Crippen LogP contribution in [0.4, 0.5) is 4.79 Å². The number of carbonyl (C=O) groups excluding carboxylic acids is 3. The lowest BCUT2D eigenvalue weighted by Crippen LogP contribution is -2.60. The molecule has 0 aliphatic carbocycles. The second-order valence-corrected chi connectivity index (χ2v) is 11.5. The van der Waals surface area contributed by atoms with Crippen LogP contribution >= 0.6 is 0 Å². The molecule has 0 saturated heterocycles. The van der Waals surface area contributed by atoms with Crippen molar-refractivity contribution in [1.29, 1.82) is 0 Å². The monoisotopic (exact) mass is 499 g/mol. The first-order valence-corrected chi connectivity index (χ1v) is 12.7. The zero-order chi connectivity index (χ0) is 27.8. The van der Waals surface area contributed by atoms with Crippen molar-refractivity contribution >= 4 is 17.9 Å². The lowest BCUT2D eigenvalue weighted by Gasteiger charge is -2.45. The topological polar surface area (TPSA) is 87.7 Å². The van der Waals surface area contributed by atoms with Gasteiger partial charge in [0.25, 0.3) is 0 Å². The Morgan fingerprint density at radius 3 is 2.08 bits per heavy atom. The molecule has 0 fully saturated rings. The summed E-state index contributed by atoms with van der Waals surface area (Å²) in [5.41, 5.74) is -0.355. The largest absolute Gasteiger partial charge is 0.444 e. The van der Waals surface area contributed by atoms with Gasteiger partial charge in [0.05, 0.1) is 0 Å². The van der Waals surface area contributed by atoms with Crippen LogP contribution in [0.5, 0.6) is 0 Å². The molecule has 36 heavy (non-hydrogen) atoms. The molecule has 2 N–H and O–H groups in total. The molecule has 2 atom stereocenters. The lowest BCUT2D eigenvalue weighted by atomic mass is 9.89. The molecule has 0 radical (unpaired) electrons. The third kappa shape index (κ3) is 8.89. The van der Waals surface area contributed by atoms with E-state index in [9.17, 15) is 14.4 Å². The zero-order valence-electron chi connectivity index (χ0n) is 23.7. The van der Waals surface area contributed by atoms with Crippen LogP contribution in [0.25, 0.3) is 0 Å². The van der Waals surface area contributed by atoms with E-state index in [2.05, 4.69) is 16.6 Å². The van der Waals surface area contributed by atoms with Gasteiger partial charge in [-0.2, -0.15) is 0 Å². The lowest BCUT2D eigenvalue weighted by molar-refractivity contribution is -0.149. The summed E-state index contributed by atoms with van der Waals surface area (Å²) >= 11 is 0. The van der Waals surface area contributed by atoms with E-state index in [1.807, 2.05) is 48.5 Å². The second kappa shape index (κ2) is 12.8. The van der Waals surface area contributed by atoms with Crippen LogP contribution in [0, 0.1) is 18.3 Å². The molecule has 0 heterocycles. The molecule has 0 saturated carbocycles. The van der Waals surface area contributed by atoms with Crippen LogP contribution in [0.3, 0.4) is 0 Å². The predicted octanol–water partition coefficient (Wildman–Crippen LogP) is 5.19. The van der Waals surface area contributed by atoms with Crippen LogP contribution in [0.2, 0.25) is 0 Å². The number of benzene rings is 1. The molecular weight excluding hydrogens is 454 g/mol. The fraction of sp³-hybridized carbons (Fsp3) is 0.621. The molecule has 1 rings (SSSR count). The Morgan fingerprint density at radius 1 is 1.03 bits per heavy atom. The molecule has 2 unspecified atom stereocenters. The maximum Gasteiger partial charge on any atom is 0.408 e. The van der Waals surface area contributed by atoms with E-state index in [1.165, 1.54) is 0 Å². The van der Waals surface area contributed by atoms with Crippen molar-refractivity contribution in [2.45, 2.75) is 111 Å².